The van der Waals surface area contributed by atoms with Gasteiger partial charge in [-0.15, -0.1) is 0 Å². The molecule has 0 N–H and O–H groups in total. The van der Waals surface area contributed by atoms with Gasteiger partial charge in [0, 0.05) is 0 Å². The topological polar surface area (TPSA) is 46.6 Å². The van der Waals surface area contributed by atoms with Gasteiger partial charge in [-0.1, -0.05) is 46.9 Å². The standard InChI is InChI=1S/C16H10Cl3NO3/c17-10-4-2-6-12(13(10)19)23-8-7-20-14-9(15(21)16(20)22)3-1-5-11(14)18/h1-6H,7-8H2. The van der Waals surface area contributed by atoms with Crippen LogP contribution in [0.15, 0.2) is 36.4 Å². The molecule has 1 heterocycles. The molecule has 2 aromatic carbocycles. The lowest BCUT2D eigenvalue weighted by Crippen LogP contribution is -2.33. The number of hydrogen-bond acceptors (Lipinski definition) is 3. The van der Waals surface area contributed by atoms with Gasteiger partial charge in [0.25, 0.3) is 11.7 Å². The van der Waals surface area contributed by atoms with E-state index in [1.165, 1.54) is 4.90 Å². The number of hydrogen-bond donors (Lipinski definition) is 0. The van der Waals surface area contributed by atoms with Gasteiger partial charge in [0.2, 0.25) is 0 Å². The molecule has 23 heavy (non-hydrogen) atoms. The Bertz CT molecular complexity index is 807. The van der Waals surface area contributed by atoms with Crippen LogP contribution < -0.4 is 9.64 Å². The second-order valence-corrected chi connectivity index (χ2v) is 6.01. The van der Waals surface area contributed by atoms with Crippen molar-refractivity contribution in [3.63, 3.8) is 0 Å². The van der Waals surface area contributed by atoms with E-state index in [1.54, 1.807) is 36.4 Å². The van der Waals surface area contributed by atoms with Gasteiger partial charge < -0.3 is 4.74 Å². The Labute approximate surface area is 147 Å². The molecule has 0 bridgehead atoms. The van der Waals surface area contributed by atoms with E-state index in [9.17, 15) is 9.59 Å². The van der Waals surface area contributed by atoms with Crippen molar-refractivity contribution in [1.82, 2.24) is 0 Å². The number of nitrogens with zero attached hydrogens (tertiary/aromatic N) is 1. The number of rotatable bonds is 4. The molecule has 0 radical (unpaired) electrons. The van der Waals surface area contributed by atoms with Gasteiger partial charge in [0.05, 0.1) is 27.8 Å². The molecule has 0 atom stereocenters. The molecule has 0 aromatic heterocycles. The Hall–Kier alpha value is -1.75. The number of ketones is 1. The van der Waals surface area contributed by atoms with Crippen LogP contribution in [0.25, 0.3) is 0 Å². The molecule has 118 valence electrons. The number of Topliss-reactive ketones (excluding diaryl/α,β-unsaturated/α-hetero) is 1. The summed E-state index contributed by atoms with van der Waals surface area (Å²) in [5.41, 5.74) is 0.730. The fourth-order valence-electron chi connectivity index (χ4n) is 2.37. The van der Waals surface area contributed by atoms with Gasteiger partial charge >= 0.3 is 0 Å². The second kappa shape index (κ2) is 6.40. The Morgan fingerprint density at radius 3 is 2.43 bits per heavy atom. The van der Waals surface area contributed by atoms with Gasteiger partial charge in [-0.25, -0.2) is 0 Å². The largest absolute Gasteiger partial charge is 0.490 e. The zero-order chi connectivity index (χ0) is 16.6. The number of anilines is 1. The quantitative estimate of drug-likeness (QED) is 0.756. The van der Waals surface area contributed by atoms with Crippen molar-refractivity contribution in [2.75, 3.05) is 18.1 Å². The molecular weight excluding hydrogens is 361 g/mol. The summed E-state index contributed by atoms with van der Waals surface area (Å²) in [7, 11) is 0. The minimum atomic E-state index is -0.617. The second-order valence-electron chi connectivity index (χ2n) is 4.82. The van der Waals surface area contributed by atoms with Crippen LogP contribution in [0.1, 0.15) is 10.4 Å². The maximum atomic E-state index is 12.1. The number of ether oxygens (including phenoxy) is 1. The lowest BCUT2D eigenvalue weighted by atomic mass is 10.1. The van der Waals surface area contributed by atoms with E-state index in [0.717, 1.165) is 0 Å². The highest BCUT2D eigenvalue weighted by Crippen LogP contribution is 2.36. The van der Waals surface area contributed by atoms with Crippen molar-refractivity contribution < 1.29 is 14.3 Å². The first-order chi connectivity index (χ1) is 11.0. The third-order valence-electron chi connectivity index (χ3n) is 3.43. The lowest BCUT2D eigenvalue weighted by molar-refractivity contribution is -0.114. The highest BCUT2D eigenvalue weighted by molar-refractivity contribution is 6.54. The summed E-state index contributed by atoms with van der Waals surface area (Å²) in [6.07, 6.45) is 0. The highest BCUT2D eigenvalue weighted by atomic mass is 35.5. The molecule has 0 unspecified atom stereocenters. The molecule has 0 saturated carbocycles. The van der Waals surface area contributed by atoms with Crippen LogP contribution in [-0.2, 0) is 4.79 Å². The van der Waals surface area contributed by atoms with Crippen LogP contribution in [0, 0.1) is 0 Å². The maximum Gasteiger partial charge on any atom is 0.299 e. The van der Waals surface area contributed by atoms with E-state index >= 15 is 0 Å². The zero-order valence-electron chi connectivity index (χ0n) is 11.7. The Kier molecular flexibility index (Phi) is 4.48. The van der Waals surface area contributed by atoms with Crippen LogP contribution in [-0.4, -0.2) is 24.8 Å². The van der Waals surface area contributed by atoms with E-state index in [2.05, 4.69) is 0 Å². The predicted octanol–water partition coefficient (Wildman–Crippen LogP) is 4.26. The number of carbonyl (C=O) groups is 2. The Morgan fingerprint density at radius 1 is 0.957 bits per heavy atom. The molecule has 0 aliphatic carbocycles. The van der Waals surface area contributed by atoms with E-state index in [1.807, 2.05) is 0 Å². The molecule has 0 spiro atoms. The van der Waals surface area contributed by atoms with Crippen LogP contribution in [0.5, 0.6) is 5.75 Å². The van der Waals surface area contributed by atoms with Crippen LogP contribution in [0.3, 0.4) is 0 Å². The van der Waals surface area contributed by atoms with Crippen molar-refractivity contribution >= 4 is 52.2 Å². The Morgan fingerprint density at radius 2 is 1.65 bits per heavy atom. The number of halogens is 3. The minimum Gasteiger partial charge on any atom is -0.490 e. The van der Waals surface area contributed by atoms with E-state index in [0.29, 0.717) is 32.1 Å². The van der Waals surface area contributed by atoms with E-state index < -0.39 is 11.7 Å². The molecular formula is C16H10Cl3NO3. The van der Waals surface area contributed by atoms with Gasteiger partial charge in [-0.2, -0.15) is 0 Å². The molecule has 1 amide bonds. The third kappa shape index (κ3) is 2.90. The summed E-state index contributed by atoms with van der Waals surface area (Å²) in [6.45, 7) is 0.313. The Balaban J connectivity index is 1.76. The maximum absolute atomic E-state index is 12.1. The van der Waals surface area contributed by atoms with Crippen molar-refractivity contribution in [3.05, 3.63) is 57.0 Å². The fourth-order valence-corrected chi connectivity index (χ4v) is 2.99. The SMILES string of the molecule is O=C1C(=O)N(CCOc2cccc(Cl)c2Cl)c2c(Cl)cccc21. The number of fused-ring (bicyclic) bond motifs is 1. The number of para-hydroxylation sites is 1. The van der Waals surface area contributed by atoms with Crippen molar-refractivity contribution in [2.45, 2.75) is 0 Å². The molecule has 0 fully saturated rings. The van der Waals surface area contributed by atoms with Crippen LogP contribution in [0.2, 0.25) is 15.1 Å². The van der Waals surface area contributed by atoms with E-state index in [4.69, 9.17) is 39.5 Å². The molecule has 7 heteroatoms. The van der Waals surface area contributed by atoms with E-state index in [-0.39, 0.29) is 13.2 Å². The van der Waals surface area contributed by atoms with Gasteiger partial charge in [0.15, 0.2) is 0 Å². The molecule has 1 aliphatic rings. The molecule has 3 rings (SSSR count). The smallest absolute Gasteiger partial charge is 0.299 e. The molecule has 0 saturated heterocycles. The summed E-state index contributed by atoms with van der Waals surface area (Å²) >= 11 is 18.1. The van der Waals surface area contributed by atoms with Crippen molar-refractivity contribution in [1.29, 1.82) is 0 Å². The average Bonchev–Trinajstić information content (AvgIpc) is 2.78. The molecule has 1 aliphatic heterocycles. The summed E-state index contributed by atoms with van der Waals surface area (Å²) in [6, 6.07) is 9.88. The molecule has 2 aromatic rings. The van der Waals surface area contributed by atoms with Crippen molar-refractivity contribution in [3.8, 4) is 5.75 Å². The van der Waals surface area contributed by atoms with Gasteiger partial charge in [-0.3, -0.25) is 14.5 Å². The normalized spacial score (nSPS) is 13.4. The van der Waals surface area contributed by atoms with Gasteiger partial charge in [0.1, 0.15) is 17.4 Å². The monoisotopic (exact) mass is 369 g/mol. The summed E-state index contributed by atoms with van der Waals surface area (Å²) < 4.78 is 5.55. The predicted molar refractivity (Wildman–Crippen MR) is 90.1 cm³/mol. The minimum absolute atomic E-state index is 0.143. The average molecular weight is 371 g/mol. The first-order valence-corrected chi connectivity index (χ1v) is 7.85. The summed E-state index contributed by atoms with van der Waals surface area (Å²) in [5, 5.41) is 1.03. The van der Waals surface area contributed by atoms with Crippen molar-refractivity contribution in [2.24, 2.45) is 0 Å². The van der Waals surface area contributed by atoms with Crippen LogP contribution in [0.4, 0.5) is 5.69 Å². The van der Waals surface area contributed by atoms with Crippen LogP contribution >= 0.6 is 34.8 Å². The first-order valence-electron chi connectivity index (χ1n) is 6.72. The number of carbonyl (C=O) groups excluding carboxylic acids is 2. The number of amides is 1. The highest BCUT2D eigenvalue weighted by Gasteiger charge is 2.37. The fraction of sp³-hybridized carbons (Fsp3) is 0.125. The third-order valence-corrected chi connectivity index (χ3v) is 4.54. The van der Waals surface area contributed by atoms with Gasteiger partial charge in [-0.05, 0) is 24.3 Å². The number of benzene rings is 2. The first kappa shape index (κ1) is 16.1. The summed E-state index contributed by atoms with van der Waals surface area (Å²) in [5.74, 6) is -0.770. The summed E-state index contributed by atoms with van der Waals surface area (Å²) in [4.78, 5) is 25.4. The zero-order valence-corrected chi connectivity index (χ0v) is 14.0. The lowest BCUT2D eigenvalue weighted by Gasteiger charge is -2.18. The molecule has 4 nitrogen and oxygen atoms in total.